The van der Waals surface area contributed by atoms with Gasteiger partial charge in [0.25, 0.3) is 5.91 Å². The minimum atomic E-state index is -0.676. The Morgan fingerprint density at radius 1 is 1.28 bits per heavy atom. The van der Waals surface area contributed by atoms with Gasteiger partial charge in [0.05, 0.1) is 19.3 Å². The van der Waals surface area contributed by atoms with Crippen LogP contribution in [-0.4, -0.2) is 41.7 Å². The molecule has 2 aromatic rings. The second kappa shape index (κ2) is 7.66. The molecular weight excluding hydrogens is 321 g/mol. The van der Waals surface area contributed by atoms with Crippen LogP contribution in [0.15, 0.2) is 42.5 Å². The molecule has 0 aliphatic carbocycles. The van der Waals surface area contributed by atoms with E-state index in [1.54, 1.807) is 24.3 Å². The summed E-state index contributed by atoms with van der Waals surface area (Å²) >= 11 is 0. The molecule has 2 aromatic carbocycles. The molecule has 1 amide bonds. The fourth-order valence-electron chi connectivity index (χ4n) is 3.18. The lowest BCUT2D eigenvalue weighted by molar-refractivity contribution is -0.00433. The predicted molar refractivity (Wildman–Crippen MR) is 94.1 cm³/mol. The average molecular weight is 343 g/mol. The highest BCUT2D eigenvalue weighted by Gasteiger charge is 2.27. The van der Waals surface area contributed by atoms with Crippen molar-refractivity contribution in [1.82, 2.24) is 4.90 Å². The van der Waals surface area contributed by atoms with Gasteiger partial charge in [-0.3, -0.25) is 4.79 Å². The van der Waals surface area contributed by atoms with Gasteiger partial charge in [0, 0.05) is 12.1 Å². The minimum Gasteiger partial charge on any atom is -0.505 e. The second-order valence-electron chi connectivity index (χ2n) is 6.26. The Bertz CT molecular complexity index is 760. The van der Waals surface area contributed by atoms with Crippen molar-refractivity contribution in [2.45, 2.75) is 25.8 Å². The number of benzene rings is 2. The number of nitrogens with zero attached hydrogens (tertiary/aromatic N) is 1. The maximum atomic E-state index is 13.6. The van der Waals surface area contributed by atoms with Gasteiger partial charge in [-0.25, -0.2) is 4.39 Å². The van der Waals surface area contributed by atoms with Crippen LogP contribution in [0.25, 0.3) is 11.1 Å². The fourth-order valence-corrected chi connectivity index (χ4v) is 3.18. The van der Waals surface area contributed by atoms with Crippen LogP contribution in [-0.2, 0) is 4.74 Å². The molecule has 1 atom stereocenters. The highest BCUT2D eigenvalue weighted by atomic mass is 19.1. The number of phenols is 1. The predicted octanol–water partition coefficient (Wildman–Crippen LogP) is 3.84. The summed E-state index contributed by atoms with van der Waals surface area (Å²) in [5, 5.41) is 9.34. The number of carbonyl (C=O) groups excluding carboxylic acids is 1. The minimum absolute atomic E-state index is 0.0251. The third-order valence-corrected chi connectivity index (χ3v) is 4.50. The van der Waals surface area contributed by atoms with Crippen LogP contribution in [0.1, 0.15) is 30.1 Å². The quantitative estimate of drug-likeness (QED) is 0.918. The Kier molecular flexibility index (Phi) is 5.34. The van der Waals surface area contributed by atoms with Crippen molar-refractivity contribution in [2.24, 2.45) is 0 Å². The van der Waals surface area contributed by atoms with Gasteiger partial charge in [-0.1, -0.05) is 31.5 Å². The van der Waals surface area contributed by atoms with E-state index in [0.717, 1.165) is 18.4 Å². The summed E-state index contributed by atoms with van der Waals surface area (Å²) in [6, 6.07) is 11.5. The van der Waals surface area contributed by atoms with Crippen LogP contribution >= 0.6 is 0 Å². The number of phenolic OH excluding ortho intramolecular Hbond substituents is 1. The molecule has 1 aliphatic heterocycles. The van der Waals surface area contributed by atoms with Crippen LogP contribution in [0.5, 0.6) is 5.75 Å². The molecule has 0 spiro atoms. The first-order valence-electron chi connectivity index (χ1n) is 8.58. The molecule has 0 saturated carbocycles. The standard InChI is InChI=1S/C20H22FNO3/c1-2-4-17-13-25-10-9-22(17)20(24)16-6-3-5-14(11-16)15-7-8-19(23)18(21)12-15/h3,5-8,11-12,17,23H,2,4,9-10,13H2,1H3/t17-/m1/s1. The number of hydrogen-bond donors (Lipinski definition) is 1. The first-order valence-corrected chi connectivity index (χ1v) is 8.58. The lowest BCUT2D eigenvalue weighted by Crippen LogP contribution is -2.48. The Balaban J connectivity index is 1.87. The number of rotatable bonds is 4. The zero-order chi connectivity index (χ0) is 17.8. The van der Waals surface area contributed by atoms with Crippen LogP contribution in [0, 0.1) is 5.82 Å². The molecule has 132 valence electrons. The summed E-state index contributed by atoms with van der Waals surface area (Å²) in [5.41, 5.74) is 1.94. The Morgan fingerprint density at radius 2 is 2.08 bits per heavy atom. The first kappa shape index (κ1) is 17.4. The number of ether oxygens (including phenoxy) is 1. The van der Waals surface area contributed by atoms with Crippen molar-refractivity contribution in [3.05, 3.63) is 53.8 Å². The summed E-state index contributed by atoms with van der Waals surface area (Å²) in [7, 11) is 0. The first-order chi connectivity index (χ1) is 12.1. The van der Waals surface area contributed by atoms with Gasteiger partial charge in [-0.15, -0.1) is 0 Å². The van der Waals surface area contributed by atoms with Gasteiger partial charge in [0.1, 0.15) is 0 Å². The van der Waals surface area contributed by atoms with Crippen molar-refractivity contribution >= 4 is 5.91 Å². The number of amides is 1. The lowest BCUT2D eigenvalue weighted by Gasteiger charge is -2.35. The summed E-state index contributed by atoms with van der Waals surface area (Å²) in [5.74, 6) is -1.08. The monoisotopic (exact) mass is 343 g/mol. The van der Waals surface area contributed by atoms with Crippen LogP contribution < -0.4 is 0 Å². The summed E-state index contributed by atoms with van der Waals surface area (Å²) in [6.45, 7) is 3.80. The Morgan fingerprint density at radius 3 is 2.84 bits per heavy atom. The third kappa shape index (κ3) is 3.82. The normalized spacial score (nSPS) is 17.5. The van der Waals surface area contributed by atoms with Crippen molar-refractivity contribution in [2.75, 3.05) is 19.8 Å². The molecule has 3 rings (SSSR count). The zero-order valence-corrected chi connectivity index (χ0v) is 14.2. The summed E-state index contributed by atoms with van der Waals surface area (Å²) in [4.78, 5) is 14.8. The van der Waals surface area contributed by atoms with E-state index in [-0.39, 0.29) is 17.7 Å². The van der Waals surface area contributed by atoms with Gasteiger partial charge >= 0.3 is 0 Å². The van der Waals surface area contributed by atoms with E-state index >= 15 is 0 Å². The summed E-state index contributed by atoms with van der Waals surface area (Å²) in [6.07, 6.45) is 1.90. The van der Waals surface area contributed by atoms with Crippen molar-refractivity contribution in [3.63, 3.8) is 0 Å². The van der Waals surface area contributed by atoms with E-state index in [2.05, 4.69) is 6.92 Å². The molecule has 1 fully saturated rings. The molecule has 25 heavy (non-hydrogen) atoms. The molecule has 4 nitrogen and oxygen atoms in total. The van der Waals surface area contributed by atoms with Gasteiger partial charge in [0.15, 0.2) is 11.6 Å². The van der Waals surface area contributed by atoms with Gasteiger partial charge in [0.2, 0.25) is 0 Å². The molecule has 0 radical (unpaired) electrons. The number of aromatic hydroxyl groups is 1. The molecule has 0 unspecified atom stereocenters. The molecule has 1 heterocycles. The number of carbonyl (C=O) groups is 1. The molecule has 1 aliphatic rings. The van der Waals surface area contributed by atoms with Crippen LogP contribution in [0.2, 0.25) is 0 Å². The van der Waals surface area contributed by atoms with Gasteiger partial charge in [-0.05, 0) is 41.8 Å². The van der Waals surface area contributed by atoms with E-state index in [0.29, 0.717) is 30.9 Å². The van der Waals surface area contributed by atoms with E-state index in [4.69, 9.17) is 4.74 Å². The molecule has 0 aromatic heterocycles. The highest BCUT2D eigenvalue weighted by molar-refractivity contribution is 5.95. The van der Waals surface area contributed by atoms with Gasteiger partial charge in [-0.2, -0.15) is 0 Å². The zero-order valence-electron chi connectivity index (χ0n) is 14.2. The smallest absolute Gasteiger partial charge is 0.254 e. The van der Waals surface area contributed by atoms with Gasteiger partial charge < -0.3 is 14.7 Å². The largest absolute Gasteiger partial charge is 0.505 e. The van der Waals surface area contributed by atoms with Crippen LogP contribution in [0.3, 0.4) is 0 Å². The Labute approximate surface area is 146 Å². The molecule has 5 heteroatoms. The second-order valence-corrected chi connectivity index (χ2v) is 6.26. The third-order valence-electron chi connectivity index (χ3n) is 4.50. The number of halogens is 1. The lowest BCUT2D eigenvalue weighted by atomic mass is 10.0. The topological polar surface area (TPSA) is 49.8 Å². The van der Waals surface area contributed by atoms with E-state index < -0.39 is 5.82 Å². The van der Waals surface area contributed by atoms with E-state index in [9.17, 15) is 14.3 Å². The SMILES string of the molecule is CCC[C@@H]1COCCN1C(=O)c1cccc(-c2ccc(O)c(F)c2)c1. The Hall–Kier alpha value is -2.40. The highest BCUT2D eigenvalue weighted by Crippen LogP contribution is 2.26. The maximum Gasteiger partial charge on any atom is 0.254 e. The molecular formula is C20H22FNO3. The maximum absolute atomic E-state index is 13.6. The number of morpholine rings is 1. The van der Waals surface area contributed by atoms with Crippen LogP contribution in [0.4, 0.5) is 4.39 Å². The average Bonchev–Trinajstić information content (AvgIpc) is 2.64. The van der Waals surface area contributed by atoms with E-state index in [1.165, 1.54) is 12.1 Å². The van der Waals surface area contributed by atoms with Crippen molar-refractivity contribution in [1.29, 1.82) is 0 Å². The number of hydrogen-bond acceptors (Lipinski definition) is 3. The molecule has 1 N–H and O–H groups in total. The van der Waals surface area contributed by atoms with E-state index in [1.807, 2.05) is 11.0 Å². The van der Waals surface area contributed by atoms with Crippen molar-refractivity contribution in [3.8, 4) is 16.9 Å². The summed E-state index contributed by atoms with van der Waals surface area (Å²) < 4.78 is 19.1. The fraction of sp³-hybridized carbons (Fsp3) is 0.350. The molecule has 0 bridgehead atoms. The molecule has 1 saturated heterocycles. The van der Waals surface area contributed by atoms with Crippen molar-refractivity contribution < 1.29 is 19.0 Å².